The molecule has 1 N–H and O–H groups in total. The molecule has 0 fully saturated rings. The summed E-state index contributed by atoms with van der Waals surface area (Å²) in [5.41, 5.74) is 1.72. The first kappa shape index (κ1) is 10.7. The molecule has 0 unspecified atom stereocenters. The lowest BCUT2D eigenvalue weighted by molar-refractivity contribution is -0.142. The zero-order chi connectivity index (χ0) is 11.9. The number of fused-ring (bicyclic) bond motifs is 1. The van der Waals surface area contributed by atoms with Crippen LogP contribution in [0.1, 0.15) is 19.4 Å². The van der Waals surface area contributed by atoms with Crippen molar-refractivity contribution in [2.45, 2.75) is 19.3 Å². The van der Waals surface area contributed by atoms with Crippen LogP contribution < -0.4 is 0 Å². The van der Waals surface area contributed by atoms with Crippen LogP contribution in [0.2, 0.25) is 0 Å². The maximum absolute atomic E-state index is 11.1. The van der Waals surface area contributed by atoms with Crippen molar-refractivity contribution in [1.82, 2.24) is 9.55 Å². The summed E-state index contributed by atoms with van der Waals surface area (Å²) >= 11 is 0. The highest BCUT2D eigenvalue weighted by atomic mass is 16.4. The van der Waals surface area contributed by atoms with Crippen molar-refractivity contribution in [2.24, 2.45) is 7.05 Å². The maximum atomic E-state index is 11.1. The number of aryl methyl sites for hydroxylation is 1. The Morgan fingerprint density at radius 1 is 1.44 bits per heavy atom. The van der Waals surface area contributed by atoms with Gasteiger partial charge in [-0.15, -0.1) is 0 Å². The van der Waals surface area contributed by atoms with E-state index in [2.05, 4.69) is 4.98 Å². The zero-order valence-corrected chi connectivity index (χ0v) is 9.56. The number of imidazole rings is 1. The van der Waals surface area contributed by atoms with Crippen LogP contribution in [-0.2, 0) is 17.3 Å². The van der Waals surface area contributed by atoms with Gasteiger partial charge in [-0.25, -0.2) is 4.98 Å². The molecule has 0 amide bonds. The standard InChI is InChI=1S/C12H14N2O2/c1-12(2,11(15)16)8-4-5-10-9(6-8)13-7-14(10)3/h4-7H,1-3H3,(H,15,16). The lowest BCUT2D eigenvalue weighted by Gasteiger charge is -2.19. The predicted octanol–water partition coefficient (Wildman–Crippen LogP) is 1.94. The molecule has 0 aliphatic carbocycles. The Hall–Kier alpha value is -1.84. The summed E-state index contributed by atoms with van der Waals surface area (Å²) in [5.74, 6) is -0.831. The molecule has 0 aliphatic rings. The third-order valence-electron chi connectivity index (χ3n) is 2.98. The van der Waals surface area contributed by atoms with E-state index in [1.807, 2.05) is 29.8 Å². The van der Waals surface area contributed by atoms with Gasteiger partial charge in [-0.2, -0.15) is 0 Å². The van der Waals surface area contributed by atoms with Crippen LogP contribution in [-0.4, -0.2) is 20.6 Å². The lowest BCUT2D eigenvalue weighted by atomic mass is 9.85. The van der Waals surface area contributed by atoms with Gasteiger partial charge in [0.15, 0.2) is 0 Å². The molecule has 2 rings (SSSR count). The predicted molar refractivity (Wildman–Crippen MR) is 61.4 cm³/mol. The van der Waals surface area contributed by atoms with Crippen molar-refractivity contribution in [3.05, 3.63) is 30.1 Å². The van der Waals surface area contributed by atoms with E-state index in [0.717, 1.165) is 16.6 Å². The molecule has 0 radical (unpaired) electrons. The fourth-order valence-electron chi connectivity index (χ4n) is 1.65. The Kier molecular flexibility index (Phi) is 2.22. The molecule has 16 heavy (non-hydrogen) atoms. The van der Waals surface area contributed by atoms with Crippen LogP contribution in [0.25, 0.3) is 11.0 Å². The highest BCUT2D eigenvalue weighted by Gasteiger charge is 2.29. The summed E-state index contributed by atoms with van der Waals surface area (Å²) in [7, 11) is 1.91. The fourth-order valence-corrected chi connectivity index (χ4v) is 1.65. The Morgan fingerprint density at radius 2 is 2.12 bits per heavy atom. The second-order valence-corrected chi connectivity index (χ2v) is 4.49. The molecule has 1 aromatic carbocycles. The third-order valence-corrected chi connectivity index (χ3v) is 2.98. The number of rotatable bonds is 2. The smallest absolute Gasteiger partial charge is 0.313 e. The number of carboxylic acid groups (broad SMARTS) is 1. The molecular weight excluding hydrogens is 204 g/mol. The minimum absolute atomic E-state index is 0.770. The number of hydrogen-bond acceptors (Lipinski definition) is 2. The molecule has 0 saturated carbocycles. The number of hydrogen-bond donors (Lipinski definition) is 1. The molecule has 0 saturated heterocycles. The van der Waals surface area contributed by atoms with Crippen LogP contribution in [0.15, 0.2) is 24.5 Å². The quantitative estimate of drug-likeness (QED) is 0.838. The van der Waals surface area contributed by atoms with Crippen LogP contribution in [0, 0.1) is 0 Å². The lowest BCUT2D eigenvalue weighted by Crippen LogP contribution is -2.28. The maximum Gasteiger partial charge on any atom is 0.313 e. The fraction of sp³-hybridized carbons (Fsp3) is 0.333. The number of carbonyl (C=O) groups is 1. The van der Waals surface area contributed by atoms with Crippen LogP contribution >= 0.6 is 0 Å². The van der Waals surface area contributed by atoms with E-state index in [1.165, 1.54) is 0 Å². The summed E-state index contributed by atoms with van der Waals surface area (Å²) in [6.07, 6.45) is 1.72. The van der Waals surface area contributed by atoms with Gasteiger partial charge in [-0.05, 0) is 31.5 Å². The summed E-state index contributed by atoms with van der Waals surface area (Å²) in [4.78, 5) is 15.4. The van der Waals surface area contributed by atoms with Gasteiger partial charge in [0.05, 0.1) is 22.8 Å². The van der Waals surface area contributed by atoms with E-state index in [-0.39, 0.29) is 0 Å². The summed E-state index contributed by atoms with van der Waals surface area (Å²) in [6.45, 7) is 3.39. The SMILES string of the molecule is Cn1cnc2cc(C(C)(C)C(=O)O)ccc21. The Balaban J connectivity index is 2.59. The molecule has 1 heterocycles. The first-order valence-corrected chi connectivity index (χ1v) is 5.08. The number of benzene rings is 1. The molecule has 4 nitrogen and oxygen atoms in total. The van der Waals surface area contributed by atoms with Crippen molar-refractivity contribution in [3.63, 3.8) is 0 Å². The number of aromatic nitrogens is 2. The number of carboxylic acids is 1. The van der Waals surface area contributed by atoms with Gasteiger partial charge in [-0.3, -0.25) is 4.79 Å². The Labute approximate surface area is 93.5 Å². The van der Waals surface area contributed by atoms with Crippen molar-refractivity contribution in [1.29, 1.82) is 0 Å². The van der Waals surface area contributed by atoms with Crippen molar-refractivity contribution < 1.29 is 9.90 Å². The van der Waals surface area contributed by atoms with Gasteiger partial charge in [0.1, 0.15) is 0 Å². The molecule has 1 aromatic heterocycles. The monoisotopic (exact) mass is 218 g/mol. The highest BCUT2D eigenvalue weighted by Crippen LogP contribution is 2.26. The highest BCUT2D eigenvalue weighted by molar-refractivity contribution is 5.83. The molecule has 4 heteroatoms. The van der Waals surface area contributed by atoms with Gasteiger partial charge >= 0.3 is 5.97 Å². The van der Waals surface area contributed by atoms with Gasteiger partial charge < -0.3 is 9.67 Å². The summed E-state index contributed by atoms with van der Waals surface area (Å²) < 4.78 is 1.91. The minimum Gasteiger partial charge on any atom is -0.481 e. The zero-order valence-electron chi connectivity index (χ0n) is 9.56. The van der Waals surface area contributed by atoms with E-state index in [9.17, 15) is 4.79 Å². The van der Waals surface area contributed by atoms with Gasteiger partial charge in [0.25, 0.3) is 0 Å². The Morgan fingerprint density at radius 3 is 2.75 bits per heavy atom. The van der Waals surface area contributed by atoms with Crippen molar-refractivity contribution in [2.75, 3.05) is 0 Å². The second-order valence-electron chi connectivity index (χ2n) is 4.49. The largest absolute Gasteiger partial charge is 0.481 e. The van der Waals surface area contributed by atoms with Gasteiger partial charge in [0.2, 0.25) is 0 Å². The second kappa shape index (κ2) is 3.33. The normalized spacial score (nSPS) is 11.9. The summed E-state index contributed by atoms with van der Waals surface area (Å²) in [6, 6.07) is 5.59. The first-order chi connectivity index (χ1) is 7.43. The number of aliphatic carboxylic acids is 1. The van der Waals surface area contributed by atoms with Crippen LogP contribution in [0.5, 0.6) is 0 Å². The topological polar surface area (TPSA) is 55.1 Å². The van der Waals surface area contributed by atoms with Crippen molar-refractivity contribution in [3.8, 4) is 0 Å². The molecule has 2 aromatic rings. The summed E-state index contributed by atoms with van der Waals surface area (Å²) in [5, 5.41) is 9.15. The van der Waals surface area contributed by atoms with E-state index in [1.54, 1.807) is 20.2 Å². The molecular formula is C12H14N2O2. The number of nitrogens with zero attached hydrogens (tertiary/aromatic N) is 2. The average molecular weight is 218 g/mol. The van der Waals surface area contributed by atoms with Gasteiger partial charge in [0, 0.05) is 7.05 Å². The van der Waals surface area contributed by atoms with Crippen LogP contribution in [0.3, 0.4) is 0 Å². The van der Waals surface area contributed by atoms with E-state index >= 15 is 0 Å². The van der Waals surface area contributed by atoms with E-state index in [0.29, 0.717) is 0 Å². The first-order valence-electron chi connectivity index (χ1n) is 5.08. The van der Waals surface area contributed by atoms with E-state index < -0.39 is 11.4 Å². The Bertz CT molecular complexity index is 555. The van der Waals surface area contributed by atoms with Crippen molar-refractivity contribution >= 4 is 17.0 Å². The van der Waals surface area contributed by atoms with Gasteiger partial charge in [-0.1, -0.05) is 6.07 Å². The third kappa shape index (κ3) is 1.46. The minimum atomic E-state index is -0.883. The molecule has 0 aliphatic heterocycles. The average Bonchev–Trinajstić information content (AvgIpc) is 2.60. The van der Waals surface area contributed by atoms with Crippen LogP contribution in [0.4, 0.5) is 0 Å². The molecule has 0 bridgehead atoms. The molecule has 84 valence electrons. The molecule has 0 spiro atoms. The molecule has 0 atom stereocenters. The van der Waals surface area contributed by atoms with E-state index in [4.69, 9.17) is 5.11 Å².